The third-order valence-corrected chi connectivity index (χ3v) is 3.94. The molecule has 1 aromatic carbocycles. The number of carbonyl (C=O) groups is 1. The first-order chi connectivity index (χ1) is 8.69. The summed E-state index contributed by atoms with van der Waals surface area (Å²) in [5.41, 5.74) is 1.14. The van der Waals surface area contributed by atoms with Gasteiger partial charge in [-0.15, -0.1) is 11.3 Å². The Morgan fingerprint density at radius 2 is 2.06 bits per heavy atom. The lowest BCUT2D eigenvalue weighted by Crippen LogP contribution is -1.93. The molecule has 0 unspecified atom stereocenters. The van der Waals surface area contributed by atoms with Crippen molar-refractivity contribution in [3.8, 4) is 6.07 Å². The minimum absolute atomic E-state index is 0.0657. The van der Waals surface area contributed by atoms with Crippen molar-refractivity contribution in [2.45, 2.75) is 0 Å². The maximum Gasteiger partial charge on any atom is 0.185 e. The average Bonchev–Trinajstić information content (AvgIpc) is 2.82. The highest BCUT2D eigenvalue weighted by molar-refractivity contribution is 9.10. The van der Waals surface area contributed by atoms with Crippen molar-refractivity contribution in [3.05, 3.63) is 62.3 Å². The fourth-order valence-corrected chi connectivity index (χ4v) is 2.72. The van der Waals surface area contributed by atoms with Gasteiger partial charge in [0, 0.05) is 20.3 Å². The quantitative estimate of drug-likeness (QED) is 0.626. The van der Waals surface area contributed by atoms with Gasteiger partial charge in [0.2, 0.25) is 0 Å². The van der Waals surface area contributed by atoms with Crippen LogP contribution in [0.3, 0.4) is 0 Å². The molecular weight excluding hydrogens is 310 g/mol. The molecule has 0 aliphatic carbocycles. The van der Waals surface area contributed by atoms with Crippen molar-refractivity contribution < 1.29 is 4.79 Å². The van der Waals surface area contributed by atoms with E-state index in [0.717, 1.165) is 9.35 Å². The molecule has 2 nitrogen and oxygen atoms in total. The Morgan fingerprint density at radius 1 is 1.33 bits per heavy atom. The maximum atomic E-state index is 11.8. The van der Waals surface area contributed by atoms with E-state index in [9.17, 15) is 4.79 Å². The van der Waals surface area contributed by atoms with Gasteiger partial charge in [0.1, 0.15) is 0 Å². The second kappa shape index (κ2) is 5.76. The van der Waals surface area contributed by atoms with Gasteiger partial charge in [-0.05, 0) is 58.4 Å². The van der Waals surface area contributed by atoms with Crippen molar-refractivity contribution in [1.82, 2.24) is 0 Å². The zero-order chi connectivity index (χ0) is 13.0. The molecule has 0 amide bonds. The monoisotopic (exact) mass is 317 g/mol. The Bertz CT molecular complexity index is 635. The molecule has 18 heavy (non-hydrogen) atoms. The number of benzene rings is 1. The summed E-state index contributed by atoms with van der Waals surface area (Å²) in [7, 11) is 0. The Morgan fingerprint density at radius 3 is 2.61 bits per heavy atom. The second-order valence-electron chi connectivity index (χ2n) is 3.55. The maximum absolute atomic E-state index is 11.8. The molecule has 2 rings (SSSR count). The first-order valence-corrected chi connectivity index (χ1v) is 6.83. The molecule has 0 N–H and O–H groups in total. The van der Waals surface area contributed by atoms with Crippen LogP contribution in [0.1, 0.15) is 20.8 Å². The normalized spacial score (nSPS) is 10.4. The number of hydrogen-bond acceptors (Lipinski definition) is 3. The van der Waals surface area contributed by atoms with Crippen LogP contribution in [-0.4, -0.2) is 5.78 Å². The number of thiophene rings is 1. The van der Waals surface area contributed by atoms with Gasteiger partial charge in [0.05, 0.1) is 11.6 Å². The SMILES string of the molecule is N#Cc1ccc(C(=O)C=Cc2cc(Br)cs2)cc1. The minimum Gasteiger partial charge on any atom is -0.289 e. The fraction of sp³-hybridized carbons (Fsp3) is 0. The molecule has 1 aromatic heterocycles. The molecule has 1 heterocycles. The van der Waals surface area contributed by atoms with Gasteiger partial charge in [-0.2, -0.15) is 5.26 Å². The number of carbonyl (C=O) groups excluding carboxylic acids is 1. The minimum atomic E-state index is -0.0657. The zero-order valence-electron chi connectivity index (χ0n) is 9.26. The van der Waals surface area contributed by atoms with Crippen molar-refractivity contribution in [3.63, 3.8) is 0 Å². The van der Waals surface area contributed by atoms with Crippen molar-refractivity contribution in [1.29, 1.82) is 5.26 Å². The summed E-state index contributed by atoms with van der Waals surface area (Å²) in [5.74, 6) is -0.0657. The largest absolute Gasteiger partial charge is 0.289 e. The Hall–Kier alpha value is -1.70. The third-order valence-electron chi connectivity index (χ3n) is 2.29. The topological polar surface area (TPSA) is 40.9 Å². The molecule has 0 aliphatic rings. The highest BCUT2D eigenvalue weighted by Crippen LogP contribution is 2.21. The van der Waals surface area contributed by atoms with Gasteiger partial charge in [-0.1, -0.05) is 0 Å². The van der Waals surface area contributed by atoms with E-state index < -0.39 is 0 Å². The molecule has 2 aromatic rings. The molecule has 88 valence electrons. The van der Waals surface area contributed by atoms with Crippen LogP contribution in [0.5, 0.6) is 0 Å². The highest BCUT2D eigenvalue weighted by Gasteiger charge is 2.01. The van der Waals surface area contributed by atoms with Crippen molar-refractivity contribution in [2.24, 2.45) is 0 Å². The van der Waals surface area contributed by atoms with E-state index in [0.29, 0.717) is 11.1 Å². The van der Waals surface area contributed by atoms with Crippen LogP contribution < -0.4 is 0 Å². The smallest absolute Gasteiger partial charge is 0.185 e. The van der Waals surface area contributed by atoms with Crippen LogP contribution in [-0.2, 0) is 0 Å². The summed E-state index contributed by atoms with van der Waals surface area (Å²) in [4.78, 5) is 12.9. The summed E-state index contributed by atoms with van der Waals surface area (Å²) in [6, 6.07) is 10.6. The van der Waals surface area contributed by atoms with Gasteiger partial charge >= 0.3 is 0 Å². The van der Waals surface area contributed by atoms with Crippen LogP contribution in [0.2, 0.25) is 0 Å². The number of rotatable bonds is 3. The standard InChI is InChI=1S/C14H8BrNOS/c15-12-7-13(18-9-12)5-6-14(17)11-3-1-10(8-16)2-4-11/h1-7,9H. The lowest BCUT2D eigenvalue weighted by Gasteiger charge is -1.95. The van der Waals surface area contributed by atoms with E-state index in [1.807, 2.05) is 17.5 Å². The lowest BCUT2D eigenvalue weighted by atomic mass is 10.1. The average molecular weight is 318 g/mol. The summed E-state index contributed by atoms with van der Waals surface area (Å²) < 4.78 is 1.01. The summed E-state index contributed by atoms with van der Waals surface area (Å²) in [6.45, 7) is 0. The van der Waals surface area contributed by atoms with Crippen LogP contribution in [0.4, 0.5) is 0 Å². The number of ketones is 1. The number of nitriles is 1. The lowest BCUT2D eigenvalue weighted by molar-refractivity contribution is 0.104. The zero-order valence-corrected chi connectivity index (χ0v) is 11.7. The number of allylic oxidation sites excluding steroid dienone is 1. The molecule has 0 aliphatic heterocycles. The molecule has 0 saturated heterocycles. The Balaban J connectivity index is 2.12. The van der Waals surface area contributed by atoms with Crippen LogP contribution >= 0.6 is 27.3 Å². The predicted octanol–water partition coefficient (Wildman–Crippen LogP) is 4.28. The summed E-state index contributed by atoms with van der Waals surface area (Å²) in [6.07, 6.45) is 3.33. The second-order valence-corrected chi connectivity index (χ2v) is 5.41. The number of halogens is 1. The molecule has 0 saturated carbocycles. The molecule has 0 bridgehead atoms. The predicted molar refractivity (Wildman–Crippen MR) is 76.5 cm³/mol. The molecular formula is C14H8BrNOS. The number of hydrogen-bond donors (Lipinski definition) is 0. The Kier molecular flexibility index (Phi) is 4.08. The van der Waals surface area contributed by atoms with E-state index in [1.54, 1.807) is 47.8 Å². The number of nitrogens with zero attached hydrogens (tertiary/aromatic N) is 1. The molecule has 4 heteroatoms. The van der Waals surface area contributed by atoms with Gasteiger partial charge < -0.3 is 0 Å². The van der Waals surface area contributed by atoms with E-state index in [1.165, 1.54) is 0 Å². The van der Waals surface area contributed by atoms with E-state index >= 15 is 0 Å². The third kappa shape index (κ3) is 3.16. The highest BCUT2D eigenvalue weighted by atomic mass is 79.9. The first kappa shape index (κ1) is 12.7. The summed E-state index contributed by atoms with van der Waals surface area (Å²) in [5, 5.41) is 10.6. The van der Waals surface area contributed by atoms with E-state index in [2.05, 4.69) is 15.9 Å². The van der Waals surface area contributed by atoms with Crippen LogP contribution in [0, 0.1) is 11.3 Å². The van der Waals surface area contributed by atoms with Gasteiger partial charge in [0.15, 0.2) is 5.78 Å². The van der Waals surface area contributed by atoms with Crippen LogP contribution in [0.15, 0.2) is 46.3 Å². The van der Waals surface area contributed by atoms with Crippen molar-refractivity contribution >= 4 is 39.1 Å². The molecule has 0 radical (unpaired) electrons. The molecule has 0 spiro atoms. The van der Waals surface area contributed by atoms with E-state index in [4.69, 9.17) is 5.26 Å². The van der Waals surface area contributed by atoms with Gasteiger partial charge in [0.25, 0.3) is 0 Å². The first-order valence-electron chi connectivity index (χ1n) is 5.15. The molecule has 0 atom stereocenters. The van der Waals surface area contributed by atoms with Gasteiger partial charge in [-0.3, -0.25) is 4.79 Å². The van der Waals surface area contributed by atoms with Crippen molar-refractivity contribution in [2.75, 3.05) is 0 Å². The van der Waals surface area contributed by atoms with Gasteiger partial charge in [-0.25, -0.2) is 0 Å². The molecule has 0 fully saturated rings. The van der Waals surface area contributed by atoms with Crippen LogP contribution in [0.25, 0.3) is 6.08 Å². The van der Waals surface area contributed by atoms with E-state index in [-0.39, 0.29) is 5.78 Å². The Labute approximate surface area is 117 Å². The summed E-state index contributed by atoms with van der Waals surface area (Å²) >= 11 is 4.92. The fourth-order valence-electron chi connectivity index (χ4n) is 1.38.